The molecular formula is C28H25FN4O3. The third-order valence-corrected chi connectivity index (χ3v) is 6.48. The molecule has 8 heteroatoms. The number of hydrogen-bond donors (Lipinski definition) is 4. The minimum atomic E-state index is -0.822. The molecule has 1 aromatic heterocycles. The first-order valence-electron chi connectivity index (χ1n) is 11.8. The van der Waals surface area contributed by atoms with Gasteiger partial charge in [-0.05, 0) is 47.9 Å². The lowest BCUT2D eigenvalue weighted by Gasteiger charge is -2.19. The number of aromatic amines is 1. The summed E-state index contributed by atoms with van der Waals surface area (Å²) in [4.78, 5) is 41.1. The summed E-state index contributed by atoms with van der Waals surface area (Å²) in [5, 5.41) is 9.44. The second-order valence-electron chi connectivity index (χ2n) is 8.80. The molecule has 0 bridgehead atoms. The molecule has 4 N–H and O–H groups in total. The van der Waals surface area contributed by atoms with Gasteiger partial charge in [-0.25, -0.2) is 4.39 Å². The third-order valence-electron chi connectivity index (χ3n) is 6.48. The molecule has 2 heterocycles. The van der Waals surface area contributed by atoms with E-state index >= 15 is 0 Å². The van der Waals surface area contributed by atoms with E-state index in [0.717, 1.165) is 22.0 Å². The van der Waals surface area contributed by atoms with Gasteiger partial charge in [0.15, 0.2) is 0 Å². The second-order valence-corrected chi connectivity index (χ2v) is 8.80. The standard InChI is InChI=1S/C28H25FN4O3/c29-18-11-9-17(10-12-18)21(22-16-30-23-7-3-1-5-19(22)23)15-31-26(34)14-13-25-28(36)32-24-8-4-2-6-20(24)27(35)33-25/h1-12,16,21,25,30H,13-15H2,(H,31,34)(H,32,36)(H,33,35)/t21-,25-/m1/s1. The summed E-state index contributed by atoms with van der Waals surface area (Å²) < 4.78 is 13.6. The highest BCUT2D eigenvalue weighted by Gasteiger charge is 2.28. The van der Waals surface area contributed by atoms with E-state index in [2.05, 4.69) is 20.9 Å². The molecule has 0 saturated heterocycles. The van der Waals surface area contributed by atoms with Gasteiger partial charge in [0.1, 0.15) is 11.9 Å². The average molecular weight is 485 g/mol. The zero-order valence-corrected chi connectivity index (χ0v) is 19.4. The summed E-state index contributed by atoms with van der Waals surface area (Å²) in [6.45, 7) is 0.293. The van der Waals surface area contributed by atoms with Crippen LogP contribution < -0.4 is 16.0 Å². The van der Waals surface area contributed by atoms with Crippen LogP contribution in [0.4, 0.5) is 10.1 Å². The van der Waals surface area contributed by atoms with Gasteiger partial charge in [-0.2, -0.15) is 0 Å². The Morgan fingerprint density at radius 2 is 1.72 bits per heavy atom. The number of fused-ring (bicyclic) bond motifs is 2. The summed E-state index contributed by atoms with van der Waals surface area (Å²) in [5.41, 5.74) is 3.67. The Kier molecular flexibility index (Phi) is 6.49. The Balaban J connectivity index is 1.26. The van der Waals surface area contributed by atoms with Crippen molar-refractivity contribution in [2.75, 3.05) is 11.9 Å². The maximum absolute atomic E-state index is 13.6. The van der Waals surface area contributed by atoms with Crippen molar-refractivity contribution in [3.8, 4) is 0 Å². The zero-order valence-electron chi connectivity index (χ0n) is 19.4. The first-order valence-corrected chi connectivity index (χ1v) is 11.8. The van der Waals surface area contributed by atoms with E-state index < -0.39 is 6.04 Å². The highest BCUT2D eigenvalue weighted by atomic mass is 19.1. The fourth-order valence-corrected chi connectivity index (χ4v) is 4.58. The maximum atomic E-state index is 13.6. The van der Waals surface area contributed by atoms with Crippen LogP contribution in [0.5, 0.6) is 0 Å². The van der Waals surface area contributed by atoms with Crippen molar-refractivity contribution in [1.82, 2.24) is 15.6 Å². The van der Waals surface area contributed by atoms with Gasteiger partial charge in [0, 0.05) is 36.0 Å². The first kappa shape index (κ1) is 23.3. The van der Waals surface area contributed by atoms with Crippen molar-refractivity contribution in [2.45, 2.75) is 24.8 Å². The SMILES string of the molecule is O=C(CC[C@H]1NC(=O)c2ccccc2NC1=O)NC[C@H](c1ccc(F)cc1)c1c[nH]c2ccccc12. The Hall–Kier alpha value is -4.46. The van der Waals surface area contributed by atoms with E-state index in [0.29, 0.717) is 17.8 Å². The molecular weight excluding hydrogens is 459 g/mol. The van der Waals surface area contributed by atoms with Gasteiger partial charge in [0.25, 0.3) is 5.91 Å². The van der Waals surface area contributed by atoms with E-state index in [1.807, 2.05) is 30.5 Å². The minimum absolute atomic E-state index is 0.0543. The monoisotopic (exact) mass is 484 g/mol. The normalized spacial score (nSPS) is 16.0. The molecule has 36 heavy (non-hydrogen) atoms. The molecule has 0 spiro atoms. The van der Waals surface area contributed by atoms with Crippen LogP contribution in [0.1, 0.15) is 40.2 Å². The van der Waals surface area contributed by atoms with Crippen molar-refractivity contribution in [2.24, 2.45) is 0 Å². The van der Waals surface area contributed by atoms with Gasteiger partial charge in [-0.15, -0.1) is 0 Å². The van der Waals surface area contributed by atoms with Crippen LogP contribution in [-0.4, -0.2) is 35.3 Å². The number of rotatable bonds is 7. The predicted molar refractivity (Wildman–Crippen MR) is 135 cm³/mol. The topological polar surface area (TPSA) is 103 Å². The lowest BCUT2D eigenvalue weighted by Crippen LogP contribution is -2.42. The summed E-state index contributed by atoms with van der Waals surface area (Å²) in [6, 6.07) is 20.1. The second kappa shape index (κ2) is 10.0. The number of aromatic nitrogens is 1. The van der Waals surface area contributed by atoms with E-state index in [-0.39, 0.29) is 42.3 Å². The van der Waals surface area contributed by atoms with Crippen molar-refractivity contribution in [3.63, 3.8) is 0 Å². The predicted octanol–water partition coefficient (Wildman–Crippen LogP) is 4.09. The number of nitrogens with one attached hydrogen (secondary N) is 4. The Morgan fingerprint density at radius 1 is 0.972 bits per heavy atom. The number of carbonyl (C=O) groups excluding carboxylic acids is 3. The van der Waals surface area contributed by atoms with E-state index in [4.69, 9.17) is 0 Å². The van der Waals surface area contributed by atoms with Gasteiger partial charge < -0.3 is 20.9 Å². The molecule has 0 aliphatic carbocycles. The number of H-pyrrole nitrogens is 1. The number of carbonyl (C=O) groups is 3. The first-order chi connectivity index (χ1) is 17.5. The largest absolute Gasteiger partial charge is 0.361 e. The molecule has 0 fully saturated rings. The van der Waals surface area contributed by atoms with Crippen LogP contribution in [-0.2, 0) is 9.59 Å². The summed E-state index contributed by atoms with van der Waals surface area (Å²) in [7, 11) is 0. The fraction of sp³-hybridized carbons (Fsp3) is 0.179. The van der Waals surface area contributed by atoms with Crippen molar-refractivity contribution >= 4 is 34.3 Å². The quantitative estimate of drug-likeness (QED) is 0.318. The van der Waals surface area contributed by atoms with Gasteiger partial charge in [0.05, 0.1) is 11.3 Å². The van der Waals surface area contributed by atoms with E-state index in [1.54, 1.807) is 36.4 Å². The minimum Gasteiger partial charge on any atom is -0.361 e. The highest BCUT2D eigenvalue weighted by Crippen LogP contribution is 2.30. The van der Waals surface area contributed by atoms with Crippen LogP contribution in [0, 0.1) is 5.82 Å². The molecule has 0 unspecified atom stereocenters. The number of anilines is 1. The highest BCUT2D eigenvalue weighted by molar-refractivity contribution is 6.09. The van der Waals surface area contributed by atoms with Gasteiger partial charge in [0.2, 0.25) is 11.8 Å². The van der Waals surface area contributed by atoms with Crippen LogP contribution in [0.2, 0.25) is 0 Å². The van der Waals surface area contributed by atoms with Crippen LogP contribution in [0.15, 0.2) is 79.0 Å². The lowest BCUT2D eigenvalue weighted by molar-refractivity contribution is -0.121. The van der Waals surface area contributed by atoms with Crippen molar-refractivity contribution in [3.05, 3.63) is 102 Å². The molecule has 7 nitrogen and oxygen atoms in total. The molecule has 0 radical (unpaired) electrons. The number of amides is 3. The number of benzene rings is 3. The summed E-state index contributed by atoms with van der Waals surface area (Å²) in [5.74, 6) is -1.49. The lowest BCUT2D eigenvalue weighted by atomic mass is 9.90. The van der Waals surface area contributed by atoms with Crippen molar-refractivity contribution < 1.29 is 18.8 Å². The molecule has 1 aliphatic heterocycles. The summed E-state index contributed by atoms with van der Waals surface area (Å²) in [6.07, 6.45) is 2.12. The molecule has 4 aromatic rings. The third kappa shape index (κ3) is 4.84. The molecule has 1 aliphatic rings. The Bertz CT molecular complexity index is 1430. The van der Waals surface area contributed by atoms with E-state index in [9.17, 15) is 18.8 Å². The van der Waals surface area contributed by atoms with Crippen molar-refractivity contribution in [1.29, 1.82) is 0 Å². The summed E-state index contributed by atoms with van der Waals surface area (Å²) >= 11 is 0. The zero-order chi connectivity index (χ0) is 25.1. The number of halogens is 1. The van der Waals surface area contributed by atoms with E-state index in [1.165, 1.54) is 12.1 Å². The smallest absolute Gasteiger partial charge is 0.254 e. The molecule has 0 saturated carbocycles. The maximum Gasteiger partial charge on any atom is 0.254 e. The van der Waals surface area contributed by atoms with Crippen LogP contribution in [0.3, 0.4) is 0 Å². The Labute approximate surface area is 207 Å². The molecule has 3 aromatic carbocycles. The molecule has 182 valence electrons. The average Bonchev–Trinajstić information content (AvgIpc) is 3.26. The van der Waals surface area contributed by atoms with Gasteiger partial charge in [-0.1, -0.05) is 42.5 Å². The Morgan fingerprint density at radius 3 is 2.56 bits per heavy atom. The van der Waals surface area contributed by atoms with Crippen LogP contribution in [0.25, 0.3) is 10.9 Å². The molecule has 5 rings (SSSR count). The van der Waals surface area contributed by atoms with Crippen LogP contribution >= 0.6 is 0 Å². The molecule has 3 amide bonds. The fourth-order valence-electron chi connectivity index (χ4n) is 4.58. The van der Waals surface area contributed by atoms with Gasteiger partial charge in [-0.3, -0.25) is 14.4 Å². The molecule has 2 atom stereocenters. The number of para-hydroxylation sites is 2. The number of hydrogen-bond acceptors (Lipinski definition) is 3. The van der Waals surface area contributed by atoms with Gasteiger partial charge >= 0.3 is 0 Å².